The molecule has 0 saturated carbocycles. The molecule has 2 rings (SSSR count). The van der Waals surface area contributed by atoms with Gasteiger partial charge in [0, 0.05) is 11.9 Å². The normalized spacial score (nSPS) is 10.4. The molecule has 1 heterocycles. The average Bonchev–Trinajstić information content (AvgIpc) is 2.83. The van der Waals surface area contributed by atoms with Gasteiger partial charge < -0.3 is 10.3 Å². The Kier molecular flexibility index (Phi) is 3.31. The van der Waals surface area contributed by atoms with Gasteiger partial charge in [-0.25, -0.2) is 18.2 Å². The minimum atomic E-state index is -1.62. The van der Waals surface area contributed by atoms with Crippen molar-refractivity contribution >= 4 is 11.6 Å². The van der Waals surface area contributed by atoms with Crippen molar-refractivity contribution in [2.24, 2.45) is 0 Å². The lowest BCUT2D eigenvalue weighted by atomic mass is 10.2. The fraction of sp³-hybridized carbons (Fsp3) is 0.0909. The van der Waals surface area contributed by atoms with Crippen LogP contribution >= 0.6 is 0 Å². The number of amides is 1. The van der Waals surface area contributed by atoms with E-state index in [4.69, 9.17) is 0 Å². The molecule has 18 heavy (non-hydrogen) atoms. The smallest absolute Gasteiger partial charge is 0.230 e. The molecule has 0 bridgehead atoms. The van der Waals surface area contributed by atoms with Gasteiger partial charge >= 0.3 is 0 Å². The van der Waals surface area contributed by atoms with Crippen molar-refractivity contribution in [1.29, 1.82) is 0 Å². The topological polar surface area (TPSA) is 57.8 Å². The van der Waals surface area contributed by atoms with Gasteiger partial charge in [0.2, 0.25) is 5.91 Å². The number of aromatic nitrogens is 2. The predicted octanol–water partition coefficient (Wildman–Crippen LogP) is 2.01. The second-order valence-corrected chi connectivity index (χ2v) is 3.52. The second-order valence-electron chi connectivity index (χ2n) is 3.52. The number of halogens is 3. The summed E-state index contributed by atoms with van der Waals surface area (Å²) in [6.45, 7) is 0. The van der Waals surface area contributed by atoms with Gasteiger partial charge in [0.1, 0.15) is 0 Å². The highest BCUT2D eigenvalue weighted by Gasteiger charge is 2.15. The Balaban J connectivity index is 2.10. The summed E-state index contributed by atoms with van der Waals surface area (Å²) in [7, 11) is 0. The zero-order valence-corrected chi connectivity index (χ0v) is 9.01. The number of carbonyl (C=O) groups is 1. The molecule has 0 radical (unpaired) electrons. The van der Waals surface area contributed by atoms with Crippen LogP contribution in [0.5, 0.6) is 0 Å². The number of hydrogen-bond donors (Lipinski definition) is 2. The molecule has 1 aromatic heterocycles. The van der Waals surface area contributed by atoms with Crippen molar-refractivity contribution in [3.8, 4) is 0 Å². The summed E-state index contributed by atoms with van der Waals surface area (Å²) in [6, 6.07) is 1.70. The first-order chi connectivity index (χ1) is 8.58. The van der Waals surface area contributed by atoms with Gasteiger partial charge in [-0.2, -0.15) is 0 Å². The SMILES string of the molecule is O=C(Cc1cnc[nH]1)Nc1ccc(F)c(F)c1F. The molecular weight excluding hydrogens is 247 g/mol. The average molecular weight is 255 g/mol. The molecule has 1 amide bonds. The first-order valence-electron chi connectivity index (χ1n) is 4.98. The first kappa shape index (κ1) is 12.2. The Morgan fingerprint density at radius 3 is 2.72 bits per heavy atom. The monoisotopic (exact) mass is 255 g/mol. The zero-order chi connectivity index (χ0) is 13.1. The van der Waals surface area contributed by atoms with E-state index in [1.54, 1.807) is 0 Å². The van der Waals surface area contributed by atoms with E-state index in [1.807, 2.05) is 0 Å². The maximum atomic E-state index is 13.3. The summed E-state index contributed by atoms with van der Waals surface area (Å²) in [5.74, 6) is -4.91. The maximum absolute atomic E-state index is 13.3. The van der Waals surface area contributed by atoms with Crippen LogP contribution in [-0.4, -0.2) is 15.9 Å². The number of nitrogens with zero attached hydrogens (tertiary/aromatic N) is 1. The third-order valence-corrected chi connectivity index (χ3v) is 2.22. The number of benzene rings is 1. The standard InChI is InChI=1S/C11H8F3N3O/c12-7-1-2-8(11(14)10(7)13)17-9(18)3-6-4-15-5-16-6/h1-2,4-5H,3H2,(H,15,16)(H,17,18). The number of imidazole rings is 1. The van der Waals surface area contributed by atoms with Crippen LogP contribution < -0.4 is 5.32 Å². The predicted molar refractivity (Wildman–Crippen MR) is 57.2 cm³/mol. The number of nitrogens with one attached hydrogen (secondary N) is 2. The molecule has 2 aromatic rings. The first-order valence-corrected chi connectivity index (χ1v) is 4.98. The molecule has 0 aliphatic carbocycles. The Morgan fingerprint density at radius 2 is 2.06 bits per heavy atom. The third-order valence-electron chi connectivity index (χ3n) is 2.22. The summed E-state index contributed by atoms with van der Waals surface area (Å²) < 4.78 is 38.8. The lowest BCUT2D eigenvalue weighted by Crippen LogP contribution is -2.16. The number of anilines is 1. The van der Waals surface area contributed by atoms with Gasteiger partial charge in [-0.05, 0) is 12.1 Å². The van der Waals surface area contributed by atoms with E-state index in [1.165, 1.54) is 12.5 Å². The summed E-state index contributed by atoms with van der Waals surface area (Å²) in [4.78, 5) is 17.9. The summed E-state index contributed by atoms with van der Waals surface area (Å²) in [5.41, 5.74) is 0.119. The number of hydrogen-bond acceptors (Lipinski definition) is 2. The Bertz CT molecular complexity index is 569. The Labute approximate surface area is 99.9 Å². The molecule has 0 fully saturated rings. The van der Waals surface area contributed by atoms with Crippen LogP contribution in [0.15, 0.2) is 24.7 Å². The summed E-state index contributed by atoms with van der Waals surface area (Å²) in [5, 5.41) is 2.15. The molecule has 0 spiro atoms. The number of H-pyrrole nitrogens is 1. The summed E-state index contributed by atoms with van der Waals surface area (Å²) >= 11 is 0. The minimum absolute atomic E-state index is 0.0710. The van der Waals surface area contributed by atoms with E-state index in [9.17, 15) is 18.0 Å². The van der Waals surface area contributed by atoms with Crippen molar-refractivity contribution in [3.05, 3.63) is 47.8 Å². The van der Waals surface area contributed by atoms with Gasteiger partial charge in [0.05, 0.1) is 18.4 Å². The van der Waals surface area contributed by atoms with Crippen LogP contribution in [0.4, 0.5) is 18.9 Å². The highest BCUT2D eigenvalue weighted by molar-refractivity contribution is 5.92. The van der Waals surface area contributed by atoms with E-state index in [2.05, 4.69) is 15.3 Å². The van der Waals surface area contributed by atoms with Crippen molar-refractivity contribution in [2.45, 2.75) is 6.42 Å². The van der Waals surface area contributed by atoms with Gasteiger partial charge in [-0.15, -0.1) is 0 Å². The lowest BCUT2D eigenvalue weighted by Gasteiger charge is -2.06. The van der Waals surface area contributed by atoms with Crippen molar-refractivity contribution < 1.29 is 18.0 Å². The molecule has 7 heteroatoms. The molecule has 0 unspecified atom stereocenters. The quantitative estimate of drug-likeness (QED) is 0.824. The largest absolute Gasteiger partial charge is 0.348 e. The van der Waals surface area contributed by atoms with Gasteiger partial charge in [0.25, 0.3) is 0 Å². The Morgan fingerprint density at radius 1 is 1.28 bits per heavy atom. The number of aromatic amines is 1. The van der Waals surface area contributed by atoms with E-state index < -0.39 is 29.0 Å². The lowest BCUT2D eigenvalue weighted by molar-refractivity contribution is -0.115. The van der Waals surface area contributed by atoms with Crippen LogP contribution in [0.3, 0.4) is 0 Å². The zero-order valence-electron chi connectivity index (χ0n) is 9.01. The van der Waals surface area contributed by atoms with Crippen molar-refractivity contribution in [3.63, 3.8) is 0 Å². The molecular formula is C11H8F3N3O. The Hall–Kier alpha value is -2.31. The highest BCUT2D eigenvalue weighted by atomic mass is 19.2. The fourth-order valence-electron chi connectivity index (χ4n) is 1.37. The maximum Gasteiger partial charge on any atom is 0.230 e. The number of carbonyl (C=O) groups excluding carboxylic acids is 1. The third kappa shape index (κ3) is 2.50. The van der Waals surface area contributed by atoms with E-state index >= 15 is 0 Å². The summed E-state index contributed by atoms with van der Waals surface area (Å²) in [6.07, 6.45) is 2.75. The molecule has 4 nitrogen and oxygen atoms in total. The van der Waals surface area contributed by atoms with Crippen LogP contribution in [0, 0.1) is 17.5 Å². The molecule has 0 aliphatic rings. The fourth-order valence-corrected chi connectivity index (χ4v) is 1.37. The molecule has 94 valence electrons. The van der Waals surface area contributed by atoms with Crippen LogP contribution in [0.1, 0.15) is 5.69 Å². The second kappa shape index (κ2) is 4.91. The van der Waals surface area contributed by atoms with Gasteiger partial charge in [-0.1, -0.05) is 0 Å². The molecule has 0 saturated heterocycles. The molecule has 1 aromatic carbocycles. The molecule has 2 N–H and O–H groups in total. The van der Waals surface area contributed by atoms with Crippen LogP contribution in [-0.2, 0) is 11.2 Å². The van der Waals surface area contributed by atoms with Crippen molar-refractivity contribution in [2.75, 3.05) is 5.32 Å². The van der Waals surface area contributed by atoms with Crippen molar-refractivity contribution in [1.82, 2.24) is 9.97 Å². The van der Waals surface area contributed by atoms with E-state index in [0.717, 1.165) is 12.1 Å². The number of rotatable bonds is 3. The highest BCUT2D eigenvalue weighted by Crippen LogP contribution is 2.19. The van der Waals surface area contributed by atoms with Gasteiger partial charge in [0.15, 0.2) is 17.5 Å². The van der Waals surface area contributed by atoms with Crippen LogP contribution in [0.25, 0.3) is 0 Å². The van der Waals surface area contributed by atoms with Crippen LogP contribution in [0.2, 0.25) is 0 Å². The molecule has 0 atom stereocenters. The van der Waals surface area contributed by atoms with E-state index in [-0.39, 0.29) is 6.42 Å². The van der Waals surface area contributed by atoms with Gasteiger partial charge in [-0.3, -0.25) is 4.79 Å². The van der Waals surface area contributed by atoms with E-state index in [0.29, 0.717) is 5.69 Å². The molecule has 0 aliphatic heterocycles. The minimum Gasteiger partial charge on any atom is -0.348 e.